The third-order valence-electron chi connectivity index (χ3n) is 2.70. The molecule has 1 atom stereocenters. The topological polar surface area (TPSA) is 59.0 Å². The van der Waals surface area contributed by atoms with Crippen LogP contribution in [0.5, 0.6) is 5.75 Å². The van der Waals surface area contributed by atoms with Crippen molar-refractivity contribution in [3.05, 3.63) is 65.5 Å². The lowest BCUT2D eigenvalue weighted by atomic mass is 10.1. The second-order valence-corrected chi connectivity index (χ2v) is 4.03. The maximum absolute atomic E-state index is 13.2. The van der Waals surface area contributed by atoms with Crippen molar-refractivity contribution in [3.63, 3.8) is 0 Å². The Hall–Kier alpha value is -2.38. The van der Waals surface area contributed by atoms with Gasteiger partial charge in [0.05, 0.1) is 11.6 Å². The normalized spacial score (nSPS) is 11.6. The van der Waals surface area contributed by atoms with Crippen molar-refractivity contribution < 1.29 is 9.13 Å². The fraction of sp³-hybridized carbons (Fsp3) is 0.133. The number of benzene rings is 2. The van der Waals surface area contributed by atoms with E-state index in [9.17, 15) is 4.39 Å². The van der Waals surface area contributed by atoms with Crippen LogP contribution in [0, 0.1) is 17.1 Å². The van der Waals surface area contributed by atoms with Gasteiger partial charge in [-0.2, -0.15) is 5.26 Å². The number of nitriles is 1. The van der Waals surface area contributed by atoms with E-state index in [1.807, 2.05) is 6.07 Å². The largest absolute Gasteiger partial charge is 0.484 e. The van der Waals surface area contributed by atoms with E-state index in [0.29, 0.717) is 16.9 Å². The summed E-state index contributed by atoms with van der Waals surface area (Å²) >= 11 is 0. The van der Waals surface area contributed by atoms with Gasteiger partial charge in [0.1, 0.15) is 17.7 Å². The van der Waals surface area contributed by atoms with Crippen molar-refractivity contribution in [3.8, 4) is 11.8 Å². The van der Waals surface area contributed by atoms with Gasteiger partial charge in [-0.15, -0.1) is 0 Å². The molecule has 19 heavy (non-hydrogen) atoms. The SMILES string of the molecule is N#Cc1ccc(OC(CN)c2cccc(F)c2)cc1. The molecule has 0 aromatic heterocycles. The van der Waals surface area contributed by atoms with Crippen LogP contribution in [-0.2, 0) is 0 Å². The Kier molecular flexibility index (Phi) is 4.11. The molecule has 0 radical (unpaired) electrons. The number of nitrogens with two attached hydrogens (primary N) is 1. The summed E-state index contributed by atoms with van der Waals surface area (Å²) in [5.41, 5.74) is 6.90. The maximum Gasteiger partial charge on any atom is 0.136 e. The number of hydrogen-bond acceptors (Lipinski definition) is 3. The van der Waals surface area contributed by atoms with E-state index >= 15 is 0 Å². The quantitative estimate of drug-likeness (QED) is 0.915. The Bertz CT molecular complexity index is 590. The molecule has 1 unspecified atom stereocenters. The highest BCUT2D eigenvalue weighted by Crippen LogP contribution is 2.22. The summed E-state index contributed by atoms with van der Waals surface area (Å²) in [5, 5.41) is 8.71. The minimum atomic E-state index is -0.413. The maximum atomic E-state index is 13.2. The Morgan fingerprint density at radius 1 is 1.21 bits per heavy atom. The van der Waals surface area contributed by atoms with E-state index < -0.39 is 6.10 Å². The molecular formula is C15H13FN2O. The lowest BCUT2D eigenvalue weighted by Crippen LogP contribution is -2.18. The molecule has 2 aromatic carbocycles. The molecule has 4 heteroatoms. The van der Waals surface area contributed by atoms with Crippen LogP contribution >= 0.6 is 0 Å². The summed E-state index contributed by atoms with van der Waals surface area (Å²) in [6, 6.07) is 14.9. The molecule has 0 fully saturated rings. The molecule has 0 spiro atoms. The van der Waals surface area contributed by atoms with Crippen LogP contribution in [0.25, 0.3) is 0 Å². The number of hydrogen-bond donors (Lipinski definition) is 1. The second kappa shape index (κ2) is 5.98. The summed E-state index contributed by atoms with van der Waals surface area (Å²) in [7, 11) is 0. The standard InChI is InChI=1S/C15H13FN2O/c16-13-3-1-2-12(8-13)15(10-18)19-14-6-4-11(9-17)5-7-14/h1-8,15H,10,18H2. The Labute approximate surface area is 111 Å². The van der Waals surface area contributed by atoms with Crippen LogP contribution in [0.3, 0.4) is 0 Å². The molecule has 0 aliphatic heterocycles. The number of halogens is 1. The lowest BCUT2D eigenvalue weighted by molar-refractivity contribution is 0.214. The highest BCUT2D eigenvalue weighted by atomic mass is 19.1. The highest BCUT2D eigenvalue weighted by molar-refractivity contribution is 5.35. The summed E-state index contributed by atoms with van der Waals surface area (Å²) < 4.78 is 18.9. The molecule has 3 nitrogen and oxygen atoms in total. The smallest absolute Gasteiger partial charge is 0.136 e. The van der Waals surface area contributed by atoms with Gasteiger partial charge in [-0.3, -0.25) is 0 Å². The zero-order valence-electron chi connectivity index (χ0n) is 10.2. The molecular weight excluding hydrogens is 243 g/mol. The predicted molar refractivity (Wildman–Crippen MR) is 70.0 cm³/mol. The fourth-order valence-corrected chi connectivity index (χ4v) is 1.73. The van der Waals surface area contributed by atoms with Crippen molar-refractivity contribution in [2.75, 3.05) is 6.54 Å². The van der Waals surface area contributed by atoms with Crippen LogP contribution < -0.4 is 10.5 Å². The van der Waals surface area contributed by atoms with Crippen molar-refractivity contribution in [2.45, 2.75) is 6.10 Å². The summed E-state index contributed by atoms with van der Waals surface area (Å²) in [4.78, 5) is 0. The minimum absolute atomic E-state index is 0.240. The first-order valence-electron chi connectivity index (χ1n) is 5.85. The van der Waals surface area contributed by atoms with E-state index in [4.69, 9.17) is 15.7 Å². The molecule has 0 amide bonds. The van der Waals surface area contributed by atoms with Gasteiger partial charge in [0.2, 0.25) is 0 Å². The third kappa shape index (κ3) is 3.30. The van der Waals surface area contributed by atoms with Crippen molar-refractivity contribution in [1.29, 1.82) is 5.26 Å². The Morgan fingerprint density at radius 2 is 1.95 bits per heavy atom. The number of nitrogens with zero attached hydrogens (tertiary/aromatic N) is 1. The van der Waals surface area contributed by atoms with Crippen LogP contribution in [0.4, 0.5) is 4.39 Å². The van der Waals surface area contributed by atoms with Gasteiger partial charge in [-0.1, -0.05) is 12.1 Å². The number of ether oxygens (including phenoxy) is 1. The summed E-state index contributed by atoms with van der Waals surface area (Å²) in [6.45, 7) is 0.240. The van der Waals surface area contributed by atoms with Crippen molar-refractivity contribution in [2.24, 2.45) is 5.73 Å². The zero-order valence-corrected chi connectivity index (χ0v) is 10.2. The van der Waals surface area contributed by atoms with Gasteiger partial charge in [-0.25, -0.2) is 4.39 Å². The van der Waals surface area contributed by atoms with Gasteiger partial charge in [0.15, 0.2) is 0 Å². The van der Waals surface area contributed by atoms with Crippen LogP contribution in [-0.4, -0.2) is 6.54 Å². The third-order valence-corrected chi connectivity index (χ3v) is 2.70. The van der Waals surface area contributed by atoms with Gasteiger partial charge in [0, 0.05) is 6.54 Å². The van der Waals surface area contributed by atoms with Gasteiger partial charge in [-0.05, 0) is 42.0 Å². The van der Waals surface area contributed by atoms with Gasteiger partial charge < -0.3 is 10.5 Å². The van der Waals surface area contributed by atoms with E-state index in [1.54, 1.807) is 36.4 Å². The predicted octanol–water partition coefficient (Wildman–Crippen LogP) is 2.78. The Balaban J connectivity index is 2.17. The van der Waals surface area contributed by atoms with Crippen LogP contribution in [0.15, 0.2) is 48.5 Å². The molecule has 96 valence electrons. The zero-order chi connectivity index (χ0) is 13.7. The lowest BCUT2D eigenvalue weighted by Gasteiger charge is -2.17. The average molecular weight is 256 g/mol. The van der Waals surface area contributed by atoms with Crippen molar-refractivity contribution in [1.82, 2.24) is 0 Å². The number of rotatable bonds is 4. The molecule has 0 saturated heterocycles. The molecule has 2 N–H and O–H groups in total. The van der Waals surface area contributed by atoms with Crippen LogP contribution in [0.2, 0.25) is 0 Å². The summed E-state index contributed by atoms with van der Waals surface area (Å²) in [5.74, 6) is 0.276. The van der Waals surface area contributed by atoms with E-state index in [0.717, 1.165) is 0 Å². The Morgan fingerprint density at radius 3 is 2.53 bits per heavy atom. The van der Waals surface area contributed by atoms with Gasteiger partial charge in [0.25, 0.3) is 0 Å². The molecule has 0 aliphatic rings. The minimum Gasteiger partial charge on any atom is -0.484 e. The molecule has 2 rings (SSSR count). The van der Waals surface area contributed by atoms with E-state index in [-0.39, 0.29) is 12.4 Å². The average Bonchev–Trinajstić information content (AvgIpc) is 2.45. The second-order valence-electron chi connectivity index (χ2n) is 4.03. The van der Waals surface area contributed by atoms with Crippen molar-refractivity contribution >= 4 is 0 Å². The monoisotopic (exact) mass is 256 g/mol. The van der Waals surface area contributed by atoms with E-state index in [1.165, 1.54) is 12.1 Å². The van der Waals surface area contributed by atoms with Crippen LogP contribution in [0.1, 0.15) is 17.2 Å². The first-order valence-corrected chi connectivity index (χ1v) is 5.85. The van der Waals surface area contributed by atoms with Gasteiger partial charge >= 0.3 is 0 Å². The summed E-state index contributed by atoms with van der Waals surface area (Å²) in [6.07, 6.45) is -0.413. The molecule has 0 aliphatic carbocycles. The highest BCUT2D eigenvalue weighted by Gasteiger charge is 2.12. The molecule has 0 saturated carbocycles. The molecule has 0 heterocycles. The molecule has 0 bridgehead atoms. The first-order chi connectivity index (χ1) is 9.22. The van der Waals surface area contributed by atoms with E-state index in [2.05, 4.69) is 0 Å². The first kappa shape index (κ1) is 13.1. The fourth-order valence-electron chi connectivity index (χ4n) is 1.73. The molecule has 2 aromatic rings.